The normalized spacial score (nSPS) is 12.4. The van der Waals surface area contributed by atoms with Gasteiger partial charge in [-0.3, -0.25) is 24.5 Å². The third kappa shape index (κ3) is 16.1. The summed E-state index contributed by atoms with van der Waals surface area (Å²) in [5.74, 6) is -1.95. The summed E-state index contributed by atoms with van der Waals surface area (Å²) in [7, 11) is 0. The van der Waals surface area contributed by atoms with Gasteiger partial charge < -0.3 is 56.0 Å². The van der Waals surface area contributed by atoms with E-state index < -0.39 is 53.0 Å². The molecule has 0 heterocycles. The lowest BCUT2D eigenvalue weighted by Crippen LogP contribution is -2.54. The molecule has 0 fully saturated rings. The van der Waals surface area contributed by atoms with Crippen LogP contribution in [0.5, 0.6) is 5.75 Å². The first-order valence-electron chi connectivity index (χ1n) is 21.6. The highest BCUT2D eigenvalue weighted by atomic mass is 16.7. The number of carbonyl (C=O) groups is 6. The van der Waals surface area contributed by atoms with E-state index in [1.54, 1.807) is 38.1 Å². The number of hydrogen-bond acceptors (Lipinski definition) is 13. The van der Waals surface area contributed by atoms with Crippen molar-refractivity contribution in [1.82, 2.24) is 21.3 Å². The fraction of sp³-hybridized carbons (Fsp3) is 0.362. The van der Waals surface area contributed by atoms with Gasteiger partial charge in [-0.05, 0) is 70.8 Å². The summed E-state index contributed by atoms with van der Waals surface area (Å²) in [5, 5.41) is 24.1. The third-order valence-electron chi connectivity index (χ3n) is 10.4. The number of urea groups is 1. The van der Waals surface area contributed by atoms with Crippen LogP contribution in [-0.4, -0.2) is 99.1 Å². The van der Waals surface area contributed by atoms with Crippen molar-refractivity contribution in [3.63, 3.8) is 0 Å². The van der Waals surface area contributed by atoms with E-state index in [0.717, 1.165) is 22.3 Å². The molecular formula is C47H55N7O13. The second kappa shape index (κ2) is 25.8. The molecule has 67 heavy (non-hydrogen) atoms. The van der Waals surface area contributed by atoms with Gasteiger partial charge >= 0.3 is 18.3 Å². The minimum Gasteiger partial charge on any atom is -0.449 e. The summed E-state index contributed by atoms with van der Waals surface area (Å²) in [6.07, 6.45) is -1.23. The van der Waals surface area contributed by atoms with Crippen molar-refractivity contribution in [1.29, 1.82) is 0 Å². The molecule has 20 nitrogen and oxygen atoms in total. The number of fused-ring (bicyclic) bond motifs is 3. The number of carbonyl (C=O) groups excluding carboxylic acids is 6. The molecule has 1 aliphatic carbocycles. The van der Waals surface area contributed by atoms with Crippen LogP contribution in [0.4, 0.5) is 25.8 Å². The van der Waals surface area contributed by atoms with Crippen molar-refractivity contribution >= 4 is 47.4 Å². The van der Waals surface area contributed by atoms with E-state index in [4.69, 9.17) is 29.4 Å². The molecule has 356 valence electrons. The minimum absolute atomic E-state index is 0.0420. The van der Waals surface area contributed by atoms with Crippen LogP contribution in [0.15, 0.2) is 97.1 Å². The Balaban J connectivity index is 0.983. The average Bonchev–Trinajstić information content (AvgIpc) is 3.63. The van der Waals surface area contributed by atoms with Crippen LogP contribution in [0.25, 0.3) is 11.1 Å². The molecule has 0 bridgehead atoms. The fourth-order valence-corrected chi connectivity index (χ4v) is 7.01. The lowest BCUT2D eigenvalue weighted by molar-refractivity contribution is -0.384. The average molecular weight is 926 g/mol. The van der Waals surface area contributed by atoms with Gasteiger partial charge in [0.1, 0.15) is 31.0 Å². The van der Waals surface area contributed by atoms with Gasteiger partial charge in [0.2, 0.25) is 17.7 Å². The third-order valence-corrected chi connectivity index (χ3v) is 10.4. The van der Waals surface area contributed by atoms with E-state index in [-0.39, 0.29) is 95.3 Å². The maximum absolute atomic E-state index is 13.5. The Morgan fingerprint density at radius 1 is 0.731 bits per heavy atom. The largest absolute Gasteiger partial charge is 0.514 e. The SMILES string of the molecule is CC(C)[C@H](NC(=O)CCOCCOCCNC(=O)OCC1c2ccccc2-c2ccccc21)C(=O)N[C@@H](CCCNC(N)=O)C(=O)Nc1ccc(COC(=O)Oc2ccc([N+](=O)[O-])cc2)cc1. The lowest BCUT2D eigenvalue weighted by atomic mass is 9.98. The van der Waals surface area contributed by atoms with Crippen molar-refractivity contribution in [2.45, 2.75) is 57.7 Å². The Hall–Kier alpha value is -7.58. The van der Waals surface area contributed by atoms with Crippen molar-refractivity contribution in [3.8, 4) is 16.9 Å². The Labute approximate surface area is 386 Å². The van der Waals surface area contributed by atoms with Crippen molar-refractivity contribution in [3.05, 3.63) is 124 Å². The molecular weight excluding hydrogens is 871 g/mol. The zero-order valence-corrected chi connectivity index (χ0v) is 37.2. The Morgan fingerprint density at radius 3 is 2.00 bits per heavy atom. The van der Waals surface area contributed by atoms with Crippen LogP contribution in [-0.2, 0) is 39.9 Å². The lowest BCUT2D eigenvalue weighted by Gasteiger charge is -2.25. The second-order valence-corrected chi connectivity index (χ2v) is 15.6. The van der Waals surface area contributed by atoms with E-state index in [9.17, 15) is 38.9 Å². The van der Waals surface area contributed by atoms with Crippen LogP contribution in [0.2, 0.25) is 0 Å². The van der Waals surface area contributed by atoms with Gasteiger partial charge in [-0.1, -0.05) is 74.5 Å². The first-order chi connectivity index (χ1) is 32.3. The number of primary amides is 1. The number of alkyl carbamates (subject to hydrolysis) is 1. The summed E-state index contributed by atoms with van der Waals surface area (Å²) in [5.41, 5.74) is 10.5. The zero-order valence-electron chi connectivity index (χ0n) is 37.2. The second-order valence-electron chi connectivity index (χ2n) is 15.6. The molecule has 1 aliphatic rings. The van der Waals surface area contributed by atoms with E-state index in [0.29, 0.717) is 11.3 Å². The number of nitro groups is 1. The standard InChI is InChI=1S/C47H55N7O13/c1-30(2)42(53-41(55)21-24-63-26-27-64-25-23-50-46(59)65-29-39-37-10-5-3-8-35(37)36-9-4-6-11-38(36)39)44(57)52-40(12-7-22-49-45(48)58)43(56)51-32-15-13-31(14-16-32)28-66-47(60)67-34-19-17-33(18-20-34)54(61)62/h3-6,8-11,13-20,30,39-40,42H,7,12,21-29H2,1-2H3,(H,50,59)(H,51,56)(H,52,57)(H,53,55)(H3,48,49,58)/t40-,42-/m0/s1. The predicted octanol–water partition coefficient (Wildman–Crippen LogP) is 5.29. The van der Waals surface area contributed by atoms with Crippen molar-refractivity contribution in [2.24, 2.45) is 11.7 Å². The fourth-order valence-electron chi connectivity index (χ4n) is 7.01. The highest BCUT2D eigenvalue weighted by Gasteiger charge is 2.30. The van der Waals surface area contributed by atoms with Crippen LogP contribution >= 0.6 is 0 Å². The highest BCUT2D eigenvalue weighted by Crippen LogP contribution is 2.44. The molecule has 6 amide bonds. The molecule has 0 radical (unpaired) electrons. The molecule has 7 N–H and O–H groups in total. The number of rotatable bonds is 25. The molecule has 0 saturated carbocycles. The molecule has 0 aromatic heterocycles. The van der Waals surface area contributed by atoms with Gasteiger partial charge in [-0.15, -0.1) is 0 Å². The van der Waals surface area contributed by atoms with E-state index >= 15 is 0 Å². The monoisotopic (exact) mass is 925 g/mol. The molecule has 4 aromatic rings. The number of anilines is 1. The molecule has 5 rings (SSSR count). The summed E-state index contributed by atoms with van der Waals surface area (Å²) < 4.78 is 26.8. The van der Waals surface area contributed by atoms with E-state index in [1.807, 2.05) is 24.3 Å². The molecule has 4 aromatic carbocycles. The van der Waals surface area contributed by atoms with Gasteiger partial charge in [0.25, 0.3) is 5.69 Å². The Bertz CT molecular complexity index is 2280. The van der Waals surface area contributed by atoms with Crippen LogP contribution in [0, 0.1) is 16.0 Å². The van der Waals surface area contributed by atoms with Gasteiger partial charge in [-0.25, -0.2) is 14.4 Å². The number of nitrogens with two attached hydrogens (primary N) is 1. The first-order valence-corrected chi connectivity index (χ1v) is 21.6. The van der Waals surface area contributed by atoms with Gasteiger partial charge in [0.05, 0.1) is 31.4 Å². The van der Waals surface area contributed by atoms with Crippen molar-refractivity contribution < 1.29 is 57.4 Å². The molecule has 20 heteroatoms. The smallest absolute Gasteiger partial charge is 0.449 e. The number of hydrogen-bond donors (Lipinski definition) is 6. The van der Waals surface area contributed by atoms with Crippen LogP contribution < -0.4 is 37.1 Å². The summed E-state index contributed by atoms with van der Waals surface area (Å²) in [4.78, 5) is 85.9. The number of non-ortho nitro benzene ring substituents is 1. The molecule has 0 saturated heterocycles. The van der Waals surface area contributed by atoms with E-state index in [2.05, 4.69) is 50.8 Å². The maximum Gasteiger partial charge on any atom is 0.514 e. The maximum atomic E-state index is 13.5. The Kier molecular flexibility index (Phi) is 19.4. The minimum atomic E-state index is -1.07. The molecule has 0 aliphatic heterocycles. The quantitative estimate of drug-likeness (QED) is 0.0162. The number of nitrogens with zero attached hydrogens (tertiary/aromatic N) is 1. The van der Waals surface area contributed by atoms with Crippen LogP contribution in [0.1, 0.15) is 55.7 Å². The Morgan fingerprint density at radius 2 is 1.37 bits per heavy atom. The topological polar surface area (TPSA) is 278 Å². The number of nitro benzene ring substituents is 1. The zero-order chi connectivity index (χ0) is 48.1. The van der Waals surface area contributed by atoms with Crippen LogP contribution in [0.3, 0.4) is 0 Å². The van der Waals surface area contributed by atoms with Gasteiger partial charge in [0, 0.05) is 43.2 Å². The summed E-state index contributed by atoms with van der Waals surface area (Å²) in [6.45, 7) is 4.55. The van der Waals surface area contributed by atoms with Gasteiger partial charge in [0.15, 0.2) is 0 Å². The number of amides is 6. The molecule has 2 atom stereocenters. The predicted molar refractivity (Wildman–Crippen MR) is 244 cm³/mol. The van der Waals surface area contributed by atoms with Gasteiger partial charge in [-0.2, -0.15) is 0 Å². The molecule has 0 unspecified atom stereocenters. The van der Waals surface area contributed by atoms with Crippen molar-refractivity contribution in [2.75, 3.05) is 51.4 Å². The van der Waals surface area contributed by atoms with E-state index in [1.165, 1.54) is 24.3 Å². The first kappa shape index (κ1) is 50.4. The summed E-state index contributed by atoms with van der Waals surface area (Å²) >= 11 is 0. The highest BCUT2D eigenvalue weighted by molar-refractivity contribution is 5.98. The summed E-state index contributed by atoms with van der Waals surface area (Å²) in [6, 6.07) is 24.6. The number of benzene rings is 4. The number of ether oxygens (including phenoxy) is 5. The number of nitrogens with one attached hydrogen (secondary N) is 5. The molecule has 0 spiro atoms.